The van der Waals surface area contributed by atoms with Gasteiger partial charge in [0.05, 0.1) is 43.1 Å². The molecule has 1 saturated carbocycles. The highest BCUT2D eigenvalue weighted by atomic mass is 16.5. The van der Waals surface area contributed by atoms with Crippen molar-refractivity contribution in [3.8, 4) is 11.1 Å². The number of nitrogens with one attached hydrogen (secondary N) is 1. The molecule has 3 aromatic heterocycles. The first-order valence-corrected chi connectivity index (χ1v) is 12.6. The molecule has 2 N–H and O–H groups in total. The number of pyridine rings is 1. The molecule has 9 heteroatoms. The molecule has 2 saturated heterocycles. The van der Waals surface area contributed by atoms with Gasteiger partial charge in [-0.1, -0.05) is 0 Å². The Hall–Kier alpha value is -2.75. The molecular formula is C26H34N6O3. The van der Waals surface area contributed by atoms with Gasteiger partial charge in [0.1, 0.15) is 5.82 Å². The van der Waals surface area contributed by atoms with E-state index in [0.717, 1.165) is 74.4 Å². The molecule has 0 radical (unpaired) electrons. The van der Waals surface area contributed by atoms with E-state index in [1.165, 1.54) is 5.69 Å². The van der Waals surface area contributed by atoms with Crippen LogP contribution in [0.15, 0.2) is 30.6 Å². The molecule has 1 aliphatic carbocycles. The maximum Gasteiger partial charge on any atom is 0.241 e. The van der Waals surface area contributed by atoms with Crippen LogP contribution in [0.5, 0.6) is 0 Å². The Morgan fingerprint density at radius 3 is 2.71 bits per heavy atom. The minimum Gasteiger partial charge on any atom is -0.393 e. The smallest absolute Gasteiger partial charge is 0.241 e. The highest BCUT2D eigenvalue weighted by molar-refractivity contribution is 5.82. The molecule has 6 rings (SSSR count). The molecule has 1 spiro atoms. The number of aromatic nitrogens is 4. The number of hydrogen-bond donors (Lipinski definition) is 2. The van der Waals surface area contributed by atoms with Gasteiger partial charge >= 0.3 is 0 Å². The first-order chi connectivity index (χ1) is 17.0. The van der Waals surface area contributed by atoms with Gasteiger partial charge in [0.15, 0.2) is 0 Å². The molecular weight excluding hydrogens is 444 g/mol. The number of anilines is 2. The Labute approximate surface area is 205 Å². The van der Waals surface area contributed by atoms with E-state index in [1.807, 2.05) is 12.4 Å². The van der Waals surface area contributed by atoms with Gasteiger partial charge in [-0.25, -0.2) is 14.5 Å². The van der Waals surface area contributed by atoms with E-state index in [4.69, 9.17) is 14.6 Å². The Bertz CT molecular complexity index is 1190. The number of hydrogen-bond acceptors (Lipinski definition) is 8. The van der Waals surface area contributed by atoms with Gasteiger partial charge in [-0.05, 0) is 56.4 Å². The molecule has 5 heterocycles. The molecule has 0 unspecified atom stereocenters. The minimum absolute atomic E-state index is 0.101. The Morgan fingerprint density at radius 1 is 1.20 bits per heavy atom. The van der Waals surface area contributed by atoms with Crippen LogP contribution in [-0.4, -0.2) is 76.9 Å². The summed E-state index contributed by atoms with van der Waals surface area (Å²) in [7, 11) is 1.69. The van der Waals surface area contributed by atoms with E-state index < -0.39 is 0 Å². The Morgan fingerprint density at radius 2 is 2.00 bits per heavy atom. The average Bonchev–Trinajstić information content (AvgIpc) is 3.17. The lowest BCUT2D eigenvalue weighted by Crippen LogP contribution is -2.66. The third-order valence-corrected chi connectivity index (χ3v) is 7.70. The summed E-state index contributed by atoms with van der Waals surface area (Å²) in [6, 6.07) is 6.63. The molecule has 3 aromatic rings. The van der Waals surface area contributed by atoms with Crippen molar-refractivity contribution in [3.63, 3.8) is 0 Å². The molecule has 3 aliphatic rings. The fraction of sp³-hybridized carbons (Fsp3) is 0.577. The maximum atomic E-state index is 10.1. The second-order valence-electron chi connectivity index (χ2n) is 10.6. The molecule has 35 heavy (non-hydrogen) atoms. The van der Waals surface area contributed by atoms with Crippen molar-refractivity contribution < 1.29 is 14.6 Å². The van der Waals surface area contributed by atoms with E-state index in [1.54, 1.807) is 7.11 Å². The average molecular weight is 479 g/mol. The fourth-order valence-corrected chi connectivity index (χ4v) is 5.74. The van der Waals surface area contributed by atoms with Gasteiger partial charge in [-0.3, -0.25) is 0 Å². The van der Waals surface area contributed by atoms with Gasteiger partial charge in [-0.2, -0.15) is 0 Å². The number of aliphatic hydroxyl groups is 1. The predicted octanol–water partition coefficient (Wildman–Crippen LogP) is 3.09. The van der Waals surface area contributed by atoms with Crippen molar-refractivity contribution in [2.75, 3.05) is 50.2 Å². The molecule has 2 aliphatic heterocycles. The number of nitrogens with zero attached hydrogens (tertiary/aromatic N) is 5. The summed E-state index contributed by atoms with van der Waals surface area (Å²) in [5.74, 6) is 1.95. The lowest BCUT2D eigenvalue weighted by atomic mass is 9.78. The van der Waals surface area contributed by atoms with E-state index in [0.29, 0.717) is 23.9 Å². The first-order valence-electron chi connectivity index (χ1n) is 12.6. The highest BCUT2D eigenvalue weighted by Crippen LogP contribution is 2.41. The summed E-state index contributed by atoms with van der Waals surface area (Å²) < 4.78 is 12.7. The number of aliphatic hydroxyl groups excluding tert-OH is 1. The number of ether oxygens (including phenoxy) is 2. The van der Waals surface area contributed by atoms with Gasteiger partial charge in [0, 0.05) is 49.6 Å². The van der Waals surface area contributed by atoms with E-state index in [2.05, 4.69) is 49.8 Å². The van der Waals surface area contributed by atoms with Gasteiger partial charge in [0.2, 0.25) is 5.95 Å². The quantitative estimate of drug-likeness (QED) is 0.535. The standard InChI is InChI=1S/C26H34N6O3/c1-17(12-34-2)29-25-28-11-23-21(10-22(32(23)30-25)18-3-5-20(33)6-4-18)19-7-8-27-24(9-19)31-13-26(14-31)15-35-16-26/h7-11,17-18,20,33H,3-6,12-16H2,1-2H3,(H,29,30)/t17-,18?,20?/m0/s1. The normalized spacial score (nSPS) is 24.3. The van der Waals surface area contributed by atoms with Crippen LogP contribution in [-0.2, 0) is 9.47 Å². The fourth-order valence-electron chi connectivity index (χ4n) is 5.74. The van der Waals surface area contributed by atoms with Crippen molar-refractivity contribution in [2.45, 2.75) is 50.7 Å². The zero-order valence-electron chi connectivity index (χ0n) is 20.5. The van der Waals surface area contributed by atoms with Crippen LogP contribution in [0.25, 0.3) is 16.6 Å². The van der Waals surface area contributed by atoms with Gasteiger partial charge in [-0.15, -0.1) is 5.10 Å². The summed E-state index contributed by atoms with van der Waals surface area (Å²) in [5, 5.41) is 18.3. The van der Waals surface area contributed by atoms with Crippen molar-refractivity contribution in [2.24, 2.45) is 5.41 Å². The topological polar surface area (TPSA) is 97.0 Å². The molecule has 186 valence electrons. The van der Waals surface area contributed by atoms with Crippen LogP contribution in [0.2, 0.25) is 0 Å². The maximum absolute atomic E-state index is 10.1. The Balaban J connectivity index is 1.35. The first kappa shape index (κ1) is 22.7. The zero-order chi connectivity index (χ0) is 24.0. The molecule has 0 bridgehead atoms. The second kappa shape index (κ2) is 9.04. The SMILES string of the molecule is COC[C@H](C)Nc1ncc2c(-c3ccnc(N4CC5(COC5)C4)c3)cc(C3CCC(O)CC3)n2n1. The number of methoxy groups -OCH3 is 1. The van der Waals surface area contributed by atoms with Gasteiger partial charge < -0.3 is 24.8 Å². The summed E-state index contributed by atoms with van der Waals surface area (Å²) >= 11 is 0. The van der Waals surface area contributed by atoms with Gasteiger partial charge in [0.25, 0.3) is 0 Å². The third-order valence-electron chi connectivity index (χ3n) is 7.70. The van der Waals surface area contributed by atoms with Crippen LogP contribution in [0, 0.1) is 5.41 Å². The lowest BCUT2D eigenvalue weighted by Gasteiger charge is -2.55. The molecule has 1 atom stereocenters. The van der Waals surface area contributed by atoms with E-state index >= 15 is 0 Å². The minimum atomic E-state index is -0.192. The molecule has 3 fully saturated rings. The highest BCUT2D eigenvalue weighted by Gasteiger charge is 2.49. The van der Waals surface area contributed by atoms with Crippen molar-refractivity contribution >= 4 is 17.3 Å². The lowest BCUT2D eigenvalue weighted by molar-refractivity contribution is -0.127. The summed E-state index contributed by atoms with van der Waals surface area (Å²) in [4.78, 5) is 11.6. The Kier molecular flexibility index (Phi) is 5.86. The second-order valence-corrected chi connectivity index (χ2v) is 10.6. The third kappa shape index (κ3) is 4.26. The van der Waals surface area contributed by atoms with Crippen LogP contribution in [0.1, 0.15) is 44.2 Å². The number of fused-ring (bicyclic) bond motifs is 1. The largest absolute Gasteiger partial charge is 0.393 e. The van der Waals surface area contributed by atoms with Crippen LogP contribution in [0.4, 0.5) is 11.8 Å². The molecule has 0 amide bonds. The van der Waals surface area contributed by atoms with Crippen molar-refractivity contribution in [1.82, 2.24) is 19.6 Å². The van der Waals surface area contributed by atoms with Crippen LogP contribution >= 0.6 is 0 Å². The predicted molar refractivity (Wildman–Crippen MR) is 134 cm³/mol. The van der Waals surface area contributed by atoms with E-state index in [9.17, 15) is 5.11 Å². The van der Waals surface area contributed by atoms with Crippen LogP contribution in [0.3, 0.4) is 0 Å². The van der Waals surface area contributed by atoms with Crippen molar-refractivity contribution in [3.05, 3.63) is 36.3 Å². The number of rotatable bonds is 7. The van der Waals surface area contributed by atoms with E-state index in [-0.39, 0.29) is 12.1 Å². The summed E-state index contributed by atoms with van der Waals surface area (Å²) in [6.45, 7) is 6.37. The molecule has 9 nitrogen and oxygen atoms in total. The van der Waals surface area contributed by atoms with Crippen molar-refractivity contribution in [1.29, 1.82) is 0 Å². The zero-order valence-corrected chi connectivity index (χ0v) is 20.5. The van der Waals surface area contributed by atoms with Crippen LogP contribution < -0.4 is 10.2 Å². The summed E-state index contributed by atoms with van der Waals surface area (Å²) in [6.07, 6.45) is 7.19. The summed E-state index contributed by atoms with van der Waals surface area (Å²) in [5.41, 5.74) is 4.75. The molecule has 0 aromatic carbocycles. The monoisotopic (exact) mass is 478 g/mol.